The van der Waals surface area contributed by atoms with E-state index in [1.54, 1.807) is 0 Å². The van der Waals surface area contributed by atoms with Crippen LogP contribution in [0, 0.1) is 0 Å². The smallest absolute Gasteiger partial charge is 0.0878 e. The number of likely N-dealkylation sites (N-methyl/N-ethyl adjacent to an activating group) is 2. The van der Waals surface area contributed by atoms with Gasteiger partial charge in [0, 0.05) is 20.1 Å². The monoisotopic (exact) mass is 174 g/mol. The molecule has 3 nitrogen and oxygen atoms in total. The number of hydrogen-bond acceptors (Lipinski definition) is 3. The van der Waals surface area contributed by atoms with Crippen molar-refractivity contribution in [2.75, 3.05) is 33.8 Å². The first-order valence-corrected chi connectivity index (χ1v) is 4.55. The minimum absolute atomic E-state index is 0. The SMILES string of the molecule is CNC(C)(C)C1CN(C)CCO1.[HH]. The van der Waals surface area contributed by atoms with E-state index in [0.717, 1.165) is 19.7 Å². The molecule has 1 aliphatic heterocycles. The quantitative estimate of drug-likeness (QED) is 0.662. The van der Waals surface area contributed by atoms with E-state index >= 15 is 0 Å². The van der Waals surface area contributed by atoms with Gasteiger partial charge in [0.2, 0.25) is 0 Å². The number of nitrogens with zero attached hydrogens (tertiary/aromatic N) is 1. The molecule has 0 amide bonds. The third kappa shape index (κ3) is 2.19. The van der Waals surface area contributed by atoms with E-state index in [4.69, 9.17) is 4.74 Å². The molecule has 0 bridgehead atoms. The lowest BCUT2D eigenvalue weighted by Crippen LogP contribution is -2.56. The van der Waals surface area contributed by atoms with Gasteiger partial charge in [0.15, 0.2) is 0 Å². The molecule has 3 heteroatoms. The normalized spacial score (nSPS) is 27.5. The Morgan fingerprint density at radius 2 is 2.25 bits per heavy atom. The topological polar surface area (TPSA) is 24.5 Å². The molecule has 0 spiro atoms. The lowest BCUT2D eigenvalue weighted by molar-refractivity contribution is -0.0589. The summed E-state index contributed by atoms with van der Waals surface area (Å²) in [5.74, 6) is 0. The molecule has 1 aliphatic rings. The first-order chi connectivity index (χ1) is 5.56. The van der Waals surface area contributed by atoms with Crippen molar-refractivity contribution in [3.05, 3.63) is 0 Å². The van der Waals surface area contributed by atoms with E-state index in [9.17, 15) is 0 Å². The van der Waals surface area contributed by atoms with Gasteiger partial charge in [-0.15, -0.1) is 0 Å². The van der Waals surface area contributed by atoms with Gasteiger partial charge in [0.1, 0.15) is 0 Å². The number of nitrogens with one attached hydrogen (secondary N) is 1. The lowest BCUT2D eigenvalue weighted by atomic mass is 9.96. The van der Waals surface area contributed by atoms with Gasteiger partial charge in [-0.25, -0.2) is 0 Å². The molecule has 1 fully saturated rings. The summed E-state index contributed by atoms with van der Waals surface area (Å²) < 4.78 is 5.70. The molecule has 0 aromatic heterocycles. The van der Waals surface area contributed by atoms with Crippen LogP contribution >= 0.6 is 0 Å². The van der Waals surface area contributed by atoms with E-state index in [1.165, 1.54) is 0 Å². The first kappa shape index (κ1) is 9.96. The van der Waals surface area contributed by atoms with Crippen LogP contribution < -0.4 is 5.32 Å². The fourth-order valence-electron chi connectivity index (χ4n) is 1.38. The summed E-state index contributed by atoms with van der Waals surface area (Å²) in [4.78, 5) is 2.31. The average Bonchev–Trinajstić information content (AvgIpc) is 2.05. The summed E-state index contributed by atoms with van der Waals surface area (Å²) in [6, 6.07) is 0. The number of hydrogen-bond donors (Lipinski definition) is 1. The van der Waals surface area contributed by atoms with Gasteiger partial charge in [-0.3, -0.25) is 0 Å². The van der Waals surface area contributed by atoms with Crippen molar-refractivity contribution in [2.45, 2.75) is 25.5 Å². The maximum atomic E-state index is 5.70. The van der Waals surface area contributed by atoms with Crippen LogP contribution in [0.2, 0.25) is 0 Å². The molecule has 1 atom stereocenters. The maximum absolute atomic E-state index is 5.70. The van der Waals surface area contributed by atoms with Crippen molar-refractivity contribution in [1.82, 2.24) is 10.2 Å². The molecule has 1 unspecified atom stereocenters. The number of ether oxygens (including phenoxy) is 1. The summed E-state index contributed by atoms with van der Waals surface area (Å²) in [6.45, 7) is 7.28. The zero-order chi connectivity index (χ0) is 9.19. The Bertz CT molecular complexity index is 153. The molecule has 74 valence electrons. The molecule has 1 N–H and O–H groups in total. The summed E-state index contributed by atoms with van der Waals surface area (Å²) in [7, 11) is 4.12. The fourth-order valence-corrected chi connectivity index (χ4v) is 1.38. The van der Waals surface area contributed by atoms with Crippen LogP contribution in [0.3, 0.4) is 0 Å². The minimum atomic E-state index is 0. The van der Waals surface area contributed by atoms with Crippen molar-refractivity contribution in [1.29, 1.82) is 0 Å². The molecule has 0 radical (unpaired) electrons. The van der Waals surface area contributed by atoms with Crippen LogP contribution in [-0.4, -0.2) is 50.3 Å². The van der Waals surface area contributed by atoms with E-state index < -0.39 is 0 Å². The van der Waals surface area contributed by atoms with Gasteiger partial charge < -0.3 is 15.0 Å². The zero-order valence-electron chi connectivity index (χ0n) is 8.55. The average molecular weight is 174 g/mol. The minimum Gasteiger partial charge on any atom is -0.374 e. The largest absolute Gasteiger partial charge is 0.374 e. The molecule has 1 heterocycles. The Morgan fingerprint density at radius 3 is 2.75 bits per heavy atom. The van der Waals surface area contributed by atoms with Crippen LogP contribution in [0.1, 0.15) is 15.3 Å². The van der Waals surface area contributed by atoms with Crippen LogP contribution in [0.15, 0.2) is 0 Å². The molecule has 1 saturated heterocycles. The van der Waals surface area contributed by atoms with Crippen molar-refractivity contribution in [3.8, 4) is 0 Å². The highest BCUT2D eigenvalue weighted by atomic mass is 16.5. The Hall–Kier alpha value is -0.120. The van der Waals surface area contributed by atoms with Gasteiger partial charge in [-0.05, 0) is 27.9 Å². The summed E-state index contributed by atoms with van der Waals surface area (Å²) in [5.41, 5.74) is 0.0781. The highest BCUT2D eigenvalue weighted by Crippen LogP contribution is 2.16. The van der Waals surface area contributed by atoms with Crippen molar-refractivity contribution >= 4 is 0 Å². The number of morpholine rings is 1. The van der Waals surface area contributed by atoms with Crippen LogP contribution in [0.5, 0.6) is 0 Å². The first-order valence-electron chi connectivity index (χ1n) is 4.55. The highest BCUT2D eigenvalue weighted by molar-refractivity contribution is 4.89. The second kappa shape index (κ2) is 3.73. The third-order valence-corrected chi connectivity index (χ3v) is 2.72. The molecule has 0 saturated carbocycles. The van der Waals surface area contributed by atoms with Gasteiger partial charge in [-0.1, -0.05) is 0 Å². The summed E-state index contributed by atoms with van der Waals surface area (Å²) in [6.07, 6.45) is 0.307. The van der Waals surface area contributed by atoms with E-state index in [2.05, 4.69) is 31.1 Å². The van der Waals surface area contributed by atoms with Crippen LogP contribution in [0.25, 0.3) is 0 Å². The van der Waals surface area contributed by atoms with Gasteiger partial charge >= 0.3 is 0 Å². The second-order valence-corrected chi connectivity index (χ2v) is 4.09. The standard InChI is InChI=1S/C9H20N2O.H2/c1-9(2,10-3)8-7-11(4)5-6-12-8;/h8,10H,5-7H2,1-4H3;1H. The van der Waals surface area contributed by atoms with Gasteiger partial charge in [0.25, 0.3) is 0 Å². The second-order valence-electron chi connectivity index (χ2n) is 4.09. The van der Waals surface area contributed by atoms with Crippen molar-refractivity contribution in [2.24, 2.45) is 0 Å². The summed E-state index contributed by atoms with van der Waals surface area (Å²) >= 11 is 0. The molecule has 1 rings (SSSR count). The predicted octanol–water partition coefficient (Wildman–Crippen LogP) is 0.561. The molecule has 0 aromatic carbocycles. The number of rotatable bonds is 2. The van der Waals surface area contributed by atoms with Crippen molar-refractivity contribution in [3.63, 3.8) is 0 Å². The molecular formula is C9H22N2O. The Labute approximate surface area is 76.6 Å². The zero-order valence-corrected chi connectivity index (χ0v) is 8.55. The van der Waals surface area contributed by atoms with Crippen LogP contribution in [0.4, 0.5) is 0 Å². The van der Waals surface area contributed by atoms with E-state index in [0.29, 0.717) is 6.10 Å². The Balaban J connectivity index is 0.00000144. The third-order valence-electron chi connectivity index (χ3n) is 2.72. The molecular weight excluding hydrogens is 152 g/mol. The lowest BCUT2D eigenvalue weighted by Gasteiger charge is -2.39. The molecule has 12 heavy (non-hydrogen) atoms. The fraction of sp³-hybridized carbons (Fsp3) is 1.00. The van der Waals surface area contributed by atoms with Crippen molar-refractivity contribution < 1.29 is 6.16 Å². The Morgan fingerprint density at radius 1 is 1.58 bits per heavy atom. The van der Waals surface area contributed by atoms with E-state index in [-0.39, 0.29) is 6.97 Å². The summed E-state index contributed by atoms with van der Waals surface area (Å²) in [5, 5.41) is 3.28. The van der Waals surface area contributed by atoms with E-state index in [1.807, 2.05) is 7.05 Å². The van der Waals surface area contributed by atoms with Gasteiger partial charge in [0.05, 0.1) is 12.7 Å². The predicted molar refractivity (Wildman–Crippen MR) is 52.5 cm³/mol. The molecule has 0 aromatic rings. The maximum Gasteiger partial charge on any atom is 0.0878 e. The van der Waals surface area contributed by atoms with Crippen LogP contribution in [-0.2, 0) is 4.74 Å². The highest BCUT2D eigenvalue weighted by Gasteiger charge is 2.31. The Kier molecular flexibility index (Phi) is 3.09. The van der Waals surface area contributed by atoms with Gasteiger partial charge in [-0.2, -0.15) is 0 Å². The molecule has 0 aliphatic carbocycles.